The number of benzene rings is 2. The molecular weight excluding hydrogens is 261 g/mol. The van der Waals surface area contributed by atoms with E-state index in [1.165, 1.54) is 10.8 Å². The zero-order chi connectivity index (χ0) is 10.8. The van der Waals surface area contributed by atoms with Crippen molar-refractivity contribution in [1.82, 2.24) is 0 Å². The molecule has 16 heavy (non-hydrogen) atoms. The summed E-state index contributed by atoms with van der Waals surface area (Å²) in [6.07, 6.45) is 0. The van der Waals surface area contributed by atoms with E-state index in [-0.39, 0.29) is 51.4 Å². The first-order valence-corrected chi connectivity index (χ1v) is 5.44. The Kier molecular flexibility index (Phi) is 5.80. The molecule has 2 rings (SSSR count). The van der Waals surface area contributed by atoms with Gasteiger partial charge >= 0.3 is 51.4 Å². The van der Waals surface area contributed by atoms with E-state index >= 15 is 0 Å². The molecule has 0 bridgehead atoms. The van der Waals surface area contributed by atoms with Crippen LogP contribution in [0.2, 0.25) is 0 Å². The molecule has 4 heteroatoms. The van der Waals surface area contributed by atoms with E-state index in [0.29, 0.717) is 4.32 Å². The third-order valence-electron chi connectivity index (χ3n) is 2.40. The predicted molar refractivity (Wildman–Crippen MR) is 72.3 cm³/mol. The van der Waals surface area contributed by atoms with Gasteiger partial charge in [0.1, 0.15) is 0 Å². The third-order valence-corrected chi connectivity index (χ3v) is 2.95. The Hall–Kier alpha value is 0.446. The van der Waals surface area contributed by atoms with Crippen molar-refractivity contribution in [3.63, 3.8) is 0 Å². The number of hydrogen-bond donors (Lipinski definition) is 0. The summed E-state index contributed by atoms with van der Waals surface area (Å²) in [5.74, 6) is 0. The number of thiocarbonyl (C=S) groups is 1. The monoisotopic (exact) mass is 271 g/mol. The quantitative estimate of drug-likeness (QED) is 0.412. The summed E-state index contributed by atoms with van der Waals surface area (Å²) >= 11 is 10.0. The van der Waals surface area contributed by atoms with Crippen LogP contribution >= 0.6 is 12.2 Å². The molecule has 0 saturated heterocycles. The topological polar surface area (TPSA) is 3.24 Å². The second kappa shape index (κ2) is 6.40. The number of hydrogen-bond acceptors (Lipinski definition) is 2. The SMILES string of the molecule is CN(C(=S)[S-])c1cccc2ccccc12.[K+]. The number of anilines is 1. The molecule has 0 unspecified atom stereocenters. The fourth-order valence-corrected chi connectivity index (χ4v) is 1.80. The van der Waals surface area contributed by atoms with Gasteiger partial charge < -0.3 is 29.7 Å². The summed E-state index contributed by atoms with van der Waals surface area (Å²) in [5, 5.41) is 2.38. The van der Waals surface area contributed by atoms with Crippen LogP contribution in [-0.2, 0) is 12.6 Å². The van der Waals surface area contributed by atoms with Gasteiger partial charge in [0.25, 0.3) is 0 Å². The molecule has 0 radical (unpaired) electrons. The fraction of sp³-hybridized carbons (Fsp3) is 0.0833. The maximum absolute atomic E-state index is 5.00. The Morgan fingerprint density at radius 1 is 1.12 bits per heavy atom. The van der Waals surface area contributed by atoms with Crippen LogP contribution in [-0.4, -0.2) is 11.4 Å². The number of nitrogens with zero attached hydrogens (tertiary/aromatic N) is 1. The maximum atomic E-state index is 5.00. The van der Waals surface area contributed by atoms with Gasteiger partial charge in [-0.05, 0) is 11.5 Å². The van der Waals surface area contributed by atoms with Crippen LogP contribution in [0.3, 0.4) is 0 Å². The molecule has 0 atom stereocenters. The van der Waals surface area contributed by atoms with Crippen molar-refractivity contribution >= 4 is 45.6 Å². The first kappa shape index (κ1) is 14.5. The van der Waals surface area contributed by atoms with Crippen molar-refractivity contribution in [3.05, 3.63) is 42.5 Å². The Labute approximate surface area is 149 Å². The molecule has 0 aliphatic rings. The fourth-order valence-electron chi connectivity index (χ4n) is 1.60. The van der Waals surface area contributed by atoms with Gasteiger partial charge in [-0.25, -0.2) is 0 Å². The number of rotatable bonds is 1. The largest absolute Gasteiger partial charge is 1.00 e. The molecule has 0 aliphatic heterocycles. The second-order valence-electron chi connectivity index (χ2n) is 3.32. The first-order valence-electron chi connectivity index (χ1n) is 4.62. The molecule has 0 aliphatic carbocycles. The zero-order valence-electron chi connectivity index (χ0n) is 9.31. The van der Waals surface area contributed by atoms with Crippen molar-refractivity contribution < 1.29 is 51.4 Å². The van der Waals surface area contributed by atoms with Gasteiger partial charge in [-0.3, -0.25) is 0 Å². The molecule has 0 aromatic heterocycles. The van der Waals surface area contributed by atoms with Gasteiger partial charge in [0.15, 0.2) is 0 Å². The van der Waals surface area contributed by atoms with Gasteiger partial charge in [0, 0.05) is 18.1 Å². The minimum atomic E-state index is 0. The van der Waals surface area contributed by atoms with Gasteiger partial charge in [-0.1, -0.05) is 40.7 Å². The average Bonchev–Trinajstić information content (AvgIpc) is 2.27. The van der Waals surface area contributed by atoms with E-state index in [2.05, 4.69) is 18.2 Å². The van der Waals surface area contributed by atoms with Gasteiger partial charge in [-0.2, -0.15) is 0 Å². The molecule has 0 heterocycles. The predicted octanol–water partition coefficient (Wildman–Crippen LogP) is 0.112. The smallest absolute Gasteiger partial charge is 0.411 e. The van der Waals surface area contributed by atoms with E-state index in [1.54, 1.807) is 0 Å². The normalized spacial score (nSPS) is 9.56. The van der Waals surface area contributed by atoms with Crippen LogP contribution in [0.4, 0.5) is 5.69 Å². The Morgan fingerprint density at radius 2 is 1.75 bits per heavy atom. The van der Waals surface area contributed by atoms with E-state index in [1.807, 2.05) is 36.2 Å². The Balaban J connectivity index is 0.00000128. The van der Waals surface area contributed by atoms with Gasteiger partial charge in [0.05, 0.1) is 0 Å². The first-order chi connectivity index (χ1) is 7.20. The average molecular weight is 271 g/mol. The summed E-state index contributed by atoms with van der Waals surface area (Å²) in [7, 11) is 1.90. The summed E-state index contributed by atoms with van der Waals surface area (Å²) in [5.41, 5.74) is 1.06. The van der Waals surface area contributed by atoms with Crippen LogP contribution in [0.25, 0.3) is 10.8 Å². The molecule has 0 N–H and O–H groups in total. The van der Waals surface area contributed by atoms with Crippen LogP contribution < -0.4 is 56.3 Å². The maximum Gasteiger partial charge on any atom is 1.00 e. The van der Waals surface area contributed by atoms with E-state index in [4.69, 9.17) is 24.8 Å². The molecule has 1 nitrogen and oxygen atoms in total. The third kappa shape index (κ3) is 3.01. The van der Waals surface area contributed by atoms with Crippen molar-refractivity contribution in [3.8, 4) is 0 Å². The van der Waals surface area contributed by atoms with Gasteiger partial charge in [-0.15, -0.1) is 0 Å². The number of fused-ring (bicyclic) bond motifs is 1. The molecule has 0 amide bonds. The van der Waals surface area contributed by atoms with Crippen molar-refractivity contribution in [2.75, 3.05) is 11.9 Å². The van der Waals surface area contributed by atoms with Crippen molar-refractivity contribution in [1.29, 1.82) is 0 Å². The molecular formula is C12H10KNS2. The summed E-state index contributed by atoms with van der Waals surface area (Å²) in [6.45, 7) is 0. The van der Waals surface area contributed by atoms with E-state index < -0.39 is 0 Å². The Morgan fingerprint density at radius 3 is 2.44 bits per heavy atom. The molecule has 2 aromatic carbocycles. The van der Waals surface area contributed by atoms with Crippen LogP contribution in [0.5, 0.6) is 0 Å². The zero-order valence-corrected chi connectivity index (χ0v) is 14.1. The minimum absolute atomic E-state index is 0. The standard InChI is InChI=1S/C12H11NS2.K/c1-13(12(14)15)11-8-4-6-9-5-2-3-7-10(9)11;/h2-8H,1H3,(H,14,15);/q;+1/p-1. The summed E-state index contributed by atoms with van der Waals surface area (Å²) in [4.78, 5) is 1.85. The molecule has 0 fully saturated rings. The molecule has 76 valence electrons. The van der Waals surface area contributed by atoms with Gasteiger partial charge in [0.2, 0.25) is 0 Å². The van der Waals surface area contributed by atoms with Crippen molar-refractivity contribution in [2.45, 2.75) is 0 Å². The molecule has 0 spiro atoms. The minimum Gasteiger partial charge on any atom is -0.411 e. The van der Waals surface area contributed by atoms with Crippen LogP contribution in [0.1, 0.15) is 0 Å². The molecule has 2 aromatic rings. The van der Waals surface area contributed by atoms with E-state index in [9.17, 15) is 0 Å². The van der Waals surface area contributed by atoms with Crippen LogP contribution in [0, 0.1) is 0 Å². The summed E-state index contributed by atoms with van der Waals surface area (Å²) < 4.78 is 0.464. The summed E-state index contributed by atoms with van der Waals surface area (Å²) in [6, 6.07) is 14.3. The van der Waals surface area contributed by atoms with Crippen LogP contribution in [0.15, 0.2) is 42.5 Å². The van der Waals surface area contributed by atoms with E-state index in [0.717, 1.165) is 5.69 Å². The second-order valence-corrected chi connectivity index (χ2v) is 4.36. The molecule has 0 saturated carbocycles. The van der Waals surface area contributed by atoms with Crippen molar-refractivity contribution in [2.24, 2.45) is 0 Å². The Bertz CT molecular complexity index is 508.